The van der Waals surface area contributed by atoms with E-state index in [1.54, 1.807) is 14.2 Å². The first-order valence-corrected chi connectivity index (χ1v) is 19.0. The van der Waals surface area contributed by atoms with Gasteiger partial charge in [0.1, 0.15) is 6.79 Å². The Morgan fingerprint density at radius 1 is 0.517 bits per heavy atom. The predicted molar refractivity (Wildman–Crippen MR) is 145 cm³/mol. The molecule has 10 heteroatoms. The van der Waals surface area contributed by atoms with Crippen LogP contribution in [0.1, 0.15) is 52.0 Å². The van der Waals surface area contributed by atoms with Crippen LogP contribution < -0.4 is 0 Å². The molecular weight excluding hydrogens is 437 g/mol. The first-order chi connectivity index (χ1) is 9.74. The van der Waals surface area contributed by atoms with Gasteiger partial charge in [-0.15, -0.1) is 0 Å². The quantitative estimate of drug-likeness (QED) is 0.216. The van der Waals surface area contributed by atoms with E-state index in [-0.39, 0.29) is 58.8 Å². The van der Waals surface area contributed by atoms with Crippen molar-refractivity contribution in [2.45, 2.75) is 104 Å². The van der Waals surface area contributed by atoms with E-state index in [2.05, 4.69) is 39.3 Å². The van der Waals surface area contributed by atoms with Gasteiger partial charge in [0, 0.05) is 20.8 Å². The minimum atomic E-state index is -2.86. The average molecular weight is 499 g/mol. The second-order valence-electron chi connectivity index (χ2n) is 7.51. The lowest BCUT2D eigenvalue weighted by molar-refractivity contribution is 0.00704. The van der Waals surface area contributed by atoms with Crippen LogP contribution in [0.25, 0.3) is 0 Å². The lowest BCUT2D eigenvalue weighted by Crippen LogP contribution is -2.61. The molecule has 0 aromatic carbocycles. The molecule has 2 atom stereocenters. The van der Waals surface area contributed by atoms with Gasteiger partial charge in [0.15, 0.2) is 16.6 Å². The van der Waals surface area contributed by atoms with E-state index in [9.17, 15) is 0 Å². The monoisotopic (exact) mass is 498 g/mol. The molecule has 0 aliphatic heterocycles. The summed E-state index contributed by atoms with van der Waals surface area (Å²) >= 11 is 0. The Hall–Kier alpha value is 0.628. The molecule has 0 aromatic heterocycles. The molecule has 0 spiro atoms. The highest BCUT2D eigenvalue weighted by molar-refractivity contribution is 6.88. The standard InChI is InChI=1S/C12H34O6Si4.7CH4/c1-13-11-15-22(10,17-20(6,7)8)18-21(9,12-14-2)16-19(3,4)5;;;;;;;/h11-12H2,1-10H3;7*1H4. The van der Waals surface area contributed by atoms with Crippen molar-refractivity contribution in [3.63, 3.8) is 0 Å². The maximum absolute atomic E-state index is 6.40. The maximum atomic E-state index is 6.40. The van der Waals surface area contributed by atoms with Crippen molar-refractivity contribution >= 4 is 34.0 Å². The zero-order chi connectivity index (χ0) is 17.7. The van der Waals surface area contributed by atoms with Crippen molar-refractivity contribution in [2.75, 3.05) is 27.2 Å². The van der Waals surface area contributed by atoms with E-state index in [0.29, 0.717) is 6.23 Å². The Morgan fingerprint density at radius 3 is 1.17 bits per heavy atom. The van der Waals surface area contributed by atoms with Crippen LogP contribution in [0.4, 0.5) is 0 Å². The summed E-state index contributed by atoms with van der Waals surface area (Å²) in [6.45, 7) is 16.9. The molecule has 0 aliphatic rings. The van der Waals surface area contributed by atoms with E-state index >= 15 is 0 Å². The van der Waals surface area contributed by atoms with Crippen LogP contribution in [-0.4, -0.2) is 61.2 Å². The maximum Gasteiger partial charge on any atom is 0.480 e. The molecule has 0 saturated carbocycles. The van der Waals surface area contributed by atoms with Crippen molar-refractivity contribution in [2.24, 2.45) is 0 Å². The Balaban J connectivity index is -0.000000105. The van der Waals surface area contributed by atoms with Crippen LogP contribution >= 0.6 is 0 Å². The topological polar surface area (TPSA) is 55.4 Å². The number of hydrogen-bond acceptors (Lipinski definition) is 6. The van der Waals surface area contributed by atoms with Crippen LogP contribution in [0, 0.1) is 0 Å². The number of methoxy groups -OCH3 is 2. The molecule has 0 heterocycles. The molecule has 29 heavy (non-hydrogen) atoms. The zero-order valence-electron chi connectivity index (χ0n) is 15.9. The lowest BCUT2D eigenvalue weighted by Gasteiger charge is -2.41. The van der Waals surface area contributed by atoms with E-state index < -0.39 is 34.0 Å². The highest BCUT2D eigenvalue weighted by Gasteiger charge is 2.49. The third kappa shape index (κ3) is 26.6. The average Bonchev–Trinajstić information content (AvgIpc) is 2.20. The molecule has 0 aromatic rings. The second-order valence-corrected chi connectivity index (χ2v) is 23.0. The molecule has 190 valence electrons. The van der Waals surface area contributed by atoms with E-state index in [4.69, 9.17) is 26.2 Å². The molecule has 0 rings (SSSR count). The smallest absolute Gasteiger partial charge is 0.435 e. The molecule has 0 bridgehead atoms. The molecule has 0 aliphatic carbocycles. The Morgan fingerprint density at radius 2 is 0.897 bits per heavy atom. The van der Waals surface area contributed by atoms with Gasteiger partial charge in [0.2, 0.25) is 0 Å². The largest absolute Gasteiger partial charge is 0.480 e. The van der Waals surface area contributed by atoms with Crippen LogP contribution in [0.15, 0.2) is 0 Å². The summed E-state index contributed by atoms with van der Waals surface area (Å²) in [4.78, 5) is 0. The summed E-state index contributed by atoms with van der Waals surface area (Å²) in [6.07, 6.45) is 0.450. The van der Waals surface area contributed by atoms with Crippen LogP contribution in [0.5, 0.6) is 0 Å². The molecule has 6 nitrogen and oxygen atoms in total. The van der Waals surface area contributed by atoms with E-state index in [1.165, 1.54) is 0 Å². The van der Waals surface area contributed by atoms with Gasteiger partial charge in [0.05, 0.1) is 6.23 Å². The van der Waals surface area contributed by atoms with Crippen molar-refractivity contribution in [3.8, 4) is 0 Å². The highest BCUT2D eigenvalue weighted by Crippen LogP contribution is 2.25. The number of rotatable bonds is 11. The fourth-order valence-corrected chi connectivity index (χ4v) is 17.8. The summed E-state index contributed by atoms with van der Waals surface area (Å²) in [7, 11) is -5.76. The van der Waals surface area contributed by atoms with Gasteiger partial charge >= 0.3 is 17.4 Å². The summed E-state index contributed by atoms with van der Waals surface area (Å²) in [5.41, 5.74) is 0. The molecule has 0 fully saturated rings. The van der Waals surface area contributed by atoms with Crippen LogP contribution in [0.2, 0.25) is 52.4 Å². The fraction of sp³-hybridized carbons (Fsp3) is 1.00. The van der Waals surface area contributed by atoms with Gasteiger partial charge in [-0.2, -0.15) is 0 Å². The Bertz CT molecular complexity index is 338. The van der Waals surface area contributed by atoms with Crippen molar-refractivity contribution in [3.05, 3.63) is 0 Å². The predicted octanol–water partition coefficient (Wildman–Crippen LogP) is 7.61. The van der Waals surface area contributed by atoms with Gasteiger partial charge in [-0.1, -0.05) is 52.0 Å². The van der Waals surface area contributed by atoms with Crippen molar-refractivity contribution in [1.29, 1.82) is 0 Å². The third-order valence-electron chi connectivity index (χ3n) is 2.26. The molecule has 0 amide bonds. The highest BCUT2D eigenvalue weighted by atomic mass is 28.5. The summed E-state index contributed by atoms with van der Waals surface area (Å²) in [6, 6.07) is 0. The fourth-order valence-electron chi connectivity index (χ4n) is 2.18. The normalized spacial score (nSPS) is 14.3. The van der Waals surface area contributed by atoms with E-state index in [1.807, 2.05) is 13.1 Å². The molecular formula is C19H62O6Si4. The Labute approximate surface area is 191 Å². The van der Waals surface area contributed by atoms with Crippen molar-refractivity contribution < 1.29 is 26.2 Å². The van der Waals surface area contributed by atoms with Gasteiger partial charge < -0.3 is 26.2 Å². The molecule has 0 saturated heterocycles. The minimum Gasteiger partial charge on any atom is -0.435 e. The lowest BCUT2D eigenvalue weighted by atomic mass is 11.4. The van der Waals surface area contributed by atoms with Gasteiger partial charge in [-0.05, 0) is 45.8 Å². The summed E-state index contributed by atoms with van der Waals surface area (Å²) in [5.74, 6) is 0. The number of hydrogen-bond donors (Lipinski definition) is 0. The van der Waals surface area contributed by atoms with E-state index in [0.717, 1.165) is 0 Å². The third-order valence-corrected chi connectivity index (χ3v) is 15.0. The summed E-state index contributed by atoms with van der Waals surface area (Å²) in [5, 5.41) is 0. The SMILES string of the molecule is C.C.C.C.C.C.C.COCO[Si](C)(O[Si](C)(C)C)O[Si](C)(COC)O[Si](C)(C)C. The van der Waals surface area contributed by atoms with Crippen LogP contribution in [-0.2, 0) is 26.2 Å². The molecule has 2 unspecified atom stereocenters. The van der Waals surface area contributed by atoms with Gasteiger partial charge in [0.25, 0.3) is 0 Å². The summed E-state index contributed by atoms with van der Waals surface area (Å²) < 4.78 is 35.2. The molecule has 0 radical (unpaired) electrons. The Kier molecular flexibility index (Phi) is 36.7. The van der Waals surface area contributed by atoms with Gasteiger partial charge in [-0.25, -0.2) is 0 Å². The minimum absolute atomic E-state index is 0. The van der Waals surface area contributed by atoms with Crippen LogP contribution in [0.3, 0.4) is 0 Å². The van der Waals surface area contributed by atoms with Crippen molar-refractivity contribution in [1.82, 2.24) is 0 Å². The molecule has 0 N–H and O–H groups in total. The zero-order valence-corrected chi connectivity index (χ0v) is 19.9. The number of ether oxygens (including phenoxy) is 2. The first kappa shape index (κ1) is 51.9. The van der Waals surface area contributed by atoms with Gasteiger partial charge in [-0.3, -0.25) is 0 Å². The second kappa shape index (κ2) is 20.5. The first-order valence-electron chi connectivity index (χ1n) is 7.46.